The van der Waals surface area contributed by atoms with Crippen LogP contribution in [-0.2, 0) is 9.59 Å². The lowest BCUT2D eigenvalue weighted by Crippen LogP contribution is -2.39. The average molecular weight is 658 g/mol. The van der Waals surface area contributed by atoms with Gasteiger partial charge in [0.05, 0.1) is 52.6 Å². The molecule has 6 rings (SSSR count). The lowest BCUT2D eigenvalue weighted by Gasteiger charge is -2.23. The number of ketones is 1. The summed E-state index contributed by atoms with van der Waals surface area (Å²) in [6, 6.07) is 0. The van der Waals surface area contributed by atoms with Crippen molar-refractivity contribution < 1.29 is 23.9 Å². The highest BCUT2D eigenvalue weighted by molar-refractivity contribution is 14.1. The first kappa shape index (κ1) is 26.4. The van der Waals surface area contributed by atoms with Crippen molar-refractivity contribution in [1.29, 1.82) is 0 Å². The van der Waals surface area contributed by atoms with Crippen LogP contribution in [0, 0.1) is 11.8 Å². The third kappa shape index (κ3) is 4.53. The molecule has 2 saturated heterocycles. The van der Waals surface area contributed by atoms with E-state index >= 15 is 0 Å². The molecule has 2 fully saturated rings. The van der Waals surface area contributed by atoms with Gasteiger partial charge in [-0.2, -0.15) is 4.68 Å². The average Bonchev–Trinajstić information content (AvgIpc) is 3.78. The number of fused-ring (bicyclic) bond motifs is 2. The minimum atomic E-state index is -0.662. The molecular weight excluding hydrogens is 631 g/mol. The molecule has 3 aromatic heterocycles. The molecule has 2 N–H and O–H groups in total. The molecule has 0 spiro atoms. The molecule has 2 unspecified atom stereocenters. The zero-order valence-electron chi connectivity index (χ0n) is 21.7. The van der Waals surface area contributed by atoms with Gasteiger partial charge in [-0.25, -0.2) is 9.97 Å². The van der Waals surface area contributed by atoms with Crippen molar-refractivity contribution in [1.82, 2.24) is 38.1 Å². The fourth-order valence-corrected chi connectivity index (χ4v) is 6.18. The van der Waals surface area contributed by atoms with Gasteiger partial charge in [0.15, 0.2) is 5.82 Å². The van der Waals surface area contributed by atoms with Gasteiger partial charge in [-0.1, -0.05) is 6.08 Å². The number of hydrogen-bond donors (Lipinski definition) is 2. The number of aromatic nitrogens is 5. The van der Waals surface area contributed by atoms with Gasteiger partial charge < -0.3 is 19.5 Å². The quantitative estimate of drug-likeness (QED) is 0.176. The maximum atomic E-state index is 13.5. The van der Waals surface area contributed by atoms with E-state index in [-0.39, 0.29) is 34.9 Å². The monoisotopic (exact) mass is 658 g/mol. The molecule has 3 aromatic rings. The number of likely N-dealkylation sites (tertiary alicyclic amines) is 2. The zero-order chi connectivity index (χ0) is 28.0. The second-order valence-corrected chi connectivity index (χ2v) is 10.8. The molecule has 0 aromatic carbocycles. The van der Waals surface area contributed by atoms with Gasteiger partial charge in [-0.3, -0.25) is 22.7 Å². The van der Waals surface area contributed by atoms with E-state index in [9.17, 15) is 19.2 Å². The van der Waals surface area contributed by atoms with Crippen molar-refractivity contribution in [2.75, 3.05) is 33.3 Å². The van der Waals surface area contributed by atoms with Gasteiger partial charge in [0, 0.05) is 49.8 Å². The highest BCUT2D eigenvalue weighted by atomic mass is 127. The molecule has 2 atom stereocenters. The van der Waals surface area contributed by atoms with Crippen LogP contribution in [0.5, 0.6) is 5.75 Å². The number of nitrogens with one attached hydrogen (secondary N) is 2. The number of nitrogens with zero attached hydrogens (tertiary/aromatic N) is 6. The lowest BCUT2D eigenvalue weighted by atomic mass is 9.99. The standard InChI is InChI=1S/C26H27IN8O5/c1-40-18-8-29-23(35-13-30-22(32-35)24(37)31-27)20-19(18)17(7-28-20)21(36)26(39)34-11-15-9-33(10-16(15)12-34)25(38)14-5-3-2-4-6-14/h5,7-8,13,15-16,28H,2-4,6,9-12H2,1H3,(H,31,37). The largest absolute Gasteiger partial charge is 0.494 e. The van der Waals surface area contributed by atoms with E-state index in [2.05, 4.69) is 29.7 Å². The minimum absolute atomic E-state index is 0.0477. The number of Topliss-reactive ketones (excluding diaryl/α,β-unsaturated/α-hetero) is 1. The summed E-state index contributed by atoms with van der Waals surface area (Å²) in [5.74, 6) is -0.746. The number of aromatic amines is 1. The molecule has 0 radical (unpaired) electrons. The number of hydrogen-bond acceptors (Lipinski definition) is 8. The van der Waals surface area contributed by atoms with E-state index in [4.69, 9.17) is 4.74 Å². The Morgan fingerprint density at radius 1 is 1.07 bits per heavy atom. The molecule has 208 valence electrons. The number of halogens is 1. The Balaban J connectivity index is 1.20. The van der Waals surface area contributed by atoms with Crippen LogP contribution in [-0.4, -0.2) is 91.3 Å². The lowest BCUT2D eigenvalue weighted by molar-refractivity contribution is -0.127. The van der Waals surface area contributed by atoms with Crippen molar-refractivity contribution in [2.24, 2.45) is 11.8 Å². The van der Waals surface area contributed by atoms with E-state index < -0.39 is 17.6 Å². The molecular formula is C26H27IN8O5. The van der Waals surface area contributed by atoms with Crippen LogP contribution in [0.2, 0.25) is 0 Å². The van der Waals surface area contributed by atoms with Crippen LogP contribution < -0.4 is 8.27 Å². The van der Waals surface area contributed by atoms with E-state index in [1.807, 2.05) is 4.90 Å². The van der Waals surface area contributed by atoms with E-state index in [0.717, 1.165) is 31.3 Å². The van der Waals surface area contributed by atoms with Gasteiger partial charge in [0.1, 0.15) is 12.1 Å². The number of pyridine rings is 1. The summed E-state index contributed by atoms with van der Waals surface area (Å²) in [4.78, 5) is 66.6. The SMILES string of the molecule is COc1cnc(-n2cnc(C(=O)NI)n2)c2[nH]cc(C(=O)C(=O)N3CC4CN(C(=O)C5=CCCCC5)CC4C3)c12. The van der Waals surface area contributed by atoms with Crippen molar-refractivity contribution >= 4 is 57.3 Å². The third-order valence-corrected chi connectivity index (χ3v) is 8.43. The van der Waals surface area contributed by atoms with Crippen molar-refractivity contribution in [3.05, 3.63) is 41.8 Å². The van der Waals surface area contributed by atoms with Gasteiger partial charge in [-0.15, -0.1) is 5.10 Å². The first-order valence-electron chi connectivity index (χ1n) is 13.1. The molecule has 5 heterocycles. The molecule has 3 amide bonds. The predicted molar refractivity (Wildman–Crippen MR) is 150 cm³/mol. The Morgan fingerprint density at radius 2 is 1.82 bits per heavy atom. The smallest absolute Gasteiger partial charge is 0.299 e. The fourth-order valence-electron chi connectivity index (χ4n) is 5.94. The Morgan fingerprint density at radius 3 is 2.50 bits per heavy atom. The van der Waals surface area contributed by atoms with Crippen LogP contribution in [0.1, 0.15) is 46.7 Å². The maximum Gasteiger partial charge on any atom is 0.299 e. The summed E-state index contributed by atoms with van der Waals surface area (Å²) in [7, 11) is 1.45. The Hall–Kier alpha value is -3.82. The second-order valence-electron chi connectivity index (χ2n) is 10.3. The van der Waals surface area contributed by atoms with Crippen molar-refractivity contribution in [3.63, 3.8) is 0 Å². The second kappa shape index (κ2) is 10.6. The normalized spacial score (nSPS) is 20.4. The summed E-state index contributed by atoms with van der Waals surface area (Å²) in [5, 5.41) is 4.55. The number of allylic oxidation sites excluding steroid dienone is 1. The van der Waals surface area contributed by atoms with Crippen LogP contribution in [0.4, 0.5) is 0 Å². The van der Waals surface area contributed by atoms with Crippen LogP contribution in [0.15, 0.2) is 30.4 Å². The number of H-pyrrole nitrogens is 1. The molecule has 3 aliphatic rings. The Kier molecular flexibility index (Phi) is 7.02. The van der Waals surface area contributed by atoms with Gasteiger partial charge >= 0.3 is 0 Å². The summed E-state index contributed by atoms with van der Waals surface area (Å²) < 4.78 is 9.21. The van der Waals surface area contributed by atoms with Crippen molar-refractivity contribution in [2.45, 2.75) is 25.7 Å². The van der Waals surface area contributed by atoms with E-state index in [1.54, 1.807) is 27.8 Å². The number of ether oxygens (including phenoxy) is 1. The van der Waals surface area contributed by atoms with Crippen LogP contribution >= 0.6 is 22.9 Å². The summed E-state index contributed by atoms with van der Waals surface area (Å²) in [5.41, 5.74) is 1.47. The van der Waals surface area contributed by atoms with Crippen molar-refractivity contribution in [3.8, 4) is 11.6 Å². The molecule has 1 aliphatic carbocycles. The number of carbonyl (C=O) groups is 4. The molecule has 40 heavy (non-hydrogen) atoms. The van der Waals surface area contributed by atoms with Crippen LogP contribution in [0.25, 0.3) is 16.7 Å². The number of carbonyl (C=O) groups excluding carboxylic acids is 4. The highest BCUT2D eigenvalue weighted by Crippen LogP contribution is 2.35. The number of methoxy groups -OCH3 is 1. The molecule has 2 aliphatic heterocycles. The van der Waals surface area contributed by atoms with E-state index in [1.165, 1.54) is 30.5 Å². The van der Waals surface area contributed by atoms with Gasteiger partial charge in [0.25, 0.3) is 17.6 Å². The van der Waals surface area contributed by atoms with Gasteiger partial charge in [-0.05, 0) is 25.7 Å². The summed E-state index contributed by atoms with van der Waals surface area (Å²) in [6.07, 6.45) is 10.3. The summed E-state index contributed by atoms with van der Waals surface area (Å²) in [6.45, 7) is 2.07. The molecule has 0 saturated carbocycles. The Bertz CT molecular complexity index is 1550. The predicted octanol–water partition coefficient (Wildman–Crippen LogP) is 1.83. The third-order valence-electron chi connectivity index (χ3n) is 7.94. The first-order valence-corrected chi connectivity index (χ1v) is 14.2. The number of amides is 3. The minimum Gasteiger partial charge on any atom is -0.494 e. The van der Waals surface area contributed by atoms with Gasteiger partial charge in [0.2, 0.25) is 11.7 Å². The highest BCUT2D eigenvalue weighted by Gasteiger charge is 2.44. The topological polar surface area (TPSA) is 155 Å². The fraction of sp³-hybridized carbons (Fsp3) is 0.423. The van der Waals surface area contributed by atoms with Crippen LogP contribution in [0.3, 0.4) is 0 Å². The molecule has 13 nitrogen and oxygen atoms in total. The zero-order valence-corrected chi connectivity index (χ0v) is 23.9. The Labute approximate surface area is 242 Å². The molecule has 14 heteroatoms. The first-order chi connectivity index (χ1) is 19.4. The molecule has 0 bridgehead atoms. The van der Waals surface area contributed by atoms with E-state index in [0.29, 0.717) is 42.8 Å². The summed E-state index contributed by atoms with van der Waals surface area (Å²) >= 11 is 1.70. The number of rotatable bonds is 6. The maximum absolute atomic E-state index is 13.5.